The fourth-order valence-electron chi connectivity index (χ4n) is 1.67. The van der Waals surface area contributed by atoms with Crippen molar-refractivity contribution in [3.8, 4) is 5.75 Å². The summed E-state index contributed by atoms with van der Waals surface area (Å²) >= 11 is 1.38. The Morgan fingerprint density at radius 1 is 1.26 bits per heavy atom. The van der Waals surface area contributed by atoms with Crippen molar-refractivity contribution in [2.24, 2.45) is 0 Å². The summed E-state index contributed by atoms with van der Waals surface area (Å²) in [7, 11) is 0. The average Bonchev–Trinajstić information content (AvgIpc) is 2.85. The van der Waals surface area contributed by atoms with E-state index in [2.05, 4.69) is 23.3 Å². The Kier molecular flexibility index (Phi) is 4.16. The lowest BCUT2D eigenvalue weighted by atomic mass is 10.1. The van der Waals surface area contributed by atoms with Gasteiger partial charge in [0.25, 0.3) is 5.91 Å². The van der Waals surface area contributed by atoms with E-state index in [1.54, 1.807) is 6.20 Å². The van der Waals surface area contributed by atoms with Crippen LogP contribution in [0.5, 0.6) is 5.75 Å². The van der Waals surface area contributed by atoms with Crippen molar-refractivity contribution < 1.29 is 9.53 Å². The van der Waals surface area contributed by atoms with Gasteiger partial charge in [-0.2, -0.15) is 0 Å². The lowest BCUT2D eigenvalue weighted by Gasteiger charge is -2.11. The fourth-order valence-corrected chi connectivity index (χ4v) is 2.22. The zero-order valence-corrected chi connectivity index (χ0v) is 12.0. The van der Waals surface area contributed by atoms with E-state index in [1.165, 1.54) is 16.9 Å². The molecular formula is C14H16N2O2S. The number of thiazole rings is 1. The second-order valence-electron chi connectivity index (χ2n) is 4.38. The van der Waals surface area contributed by atoms with Crippen LogP contribution >= 0.6 is 11.3 Å². The van der Waals surface area contributed by atoms with Gasteiger partial charge in [-0.3, -0.25) is 10.1 Å². The van der Waals surface area contributed by atoms with Crippen LogP contribution in [-0.2, 0) is 4.79 Å². The normalized spacial score (nSPS) is 10.3. The highest BCUT2D eigenvalue weighted by molar-refractivity contribution is 7.13. The Labute approximate surface area is 116 Å². The van der Waals surface area contributed by atoms with Crippen molar-refractivity contribution in [1.29, 1.82) is 0 Å². The van der Waals surface area contributed by atoms with Crippen LogP contribution in [-0.4, -0.2) is 17.5 Å². The van der Waals surface area contributed by atoms with E-state index in [4.69, 9.17) is 4.74 Å². The lowest BCUT2D eigenvalue weighted by molar-refractivity contribution is -0.118. The van der Waals surface area contributed by atoms with Crippen LogP contribution in [0.25, 0.3) is 0 Å². The topological polar surface area (TPSA) is 51.2 Å². The van der Waals surface area contributed by atoms with Gasteiger partial charge in [-0.15, -0.1) is 11.3 Å². The van der Waals surface area contributed by atoms with Crippen molar-refractivity contribution in [2.45, 2.75) is 20.8 Å². The number of anilines is 1. The summed E-state index contributed by atoms with van der Waals surface area (Å²) in [6.45, 7) is 6.04. The molecule has 5 heteroatoms. The third-order valence-electron chi connectivity index (χ3n) is 2.83. The number of carbonyl (C=O) groups is 1. The highest BCUT2D eigenvalue weighted by atomic mass is 32.1. The van der Waals surface area contributed by atoms with Gasteiger partial charge in [-0.25, -0.2) is 4.98 Å². The van der Waals surface area contributed by atoms with Gasteiger partial charge >= 0.3 is 0 Å². The van der Waals surface area contributed by atoms with Crippen LogP contribution in [0.1, 0.15) is 16.7 Å². The van der Waals surface area contributed by atoms with Gasteiger partial charge < -0.3 is 4.74 Å². The Morgan fingerprint density at radius 2 is 2.00 bits per heavy atom. The number of ether oxygens (including phenoxy) is 1. The first-order chi connectivity index (χ1) is 9.06. The van der Waals surface area contributed by atoms with E-state index >= 15 is 0 Å². The number of nitrogens with zero attached hydrogens (tertiary/aromatic N) is 1. The summed E-state index contributed by atoms with van der Waals surface area (Å²) in [6, 6.07) is 4.02. The van der Waals surface area contributed by atoms with E-state index in [-0.39, 0.29) is 12.5 Å². The Bertz CT molecular complexity index is 579. The zero-order valence-electron chi connectivity index (χ0n) is 11.2. The van der Waals surface area contributed by atoms with Crippen LogP contribution in [0, 0.1) is 20.8 Å². The van der Waals surface area contributed by atoms with E-state index < -0.39 is 0 Å². The molecule has 0 atom stereocenters. The predicted molar refractivity (Wildman–Crippen MR) is 76.9 cm³/mol. The van der Waals surface area contributed by atoms with Crippen LogP contribution in [0.15, 0.2) is 23.7 Å². The second kappa shape index (κ2) is 5.84. The number of nitrogens with one attached hydrogen (secondary N) is 1. The molecule has 0 saturated heterocycles. The molecule has 1 heterocycles. The molecule has 100 valence electrons. The van der Waals surface area contributed by atoms with Gasteiger partial charge in [0.2, 0.25) is 0 Å². The maximum absolute atomic E-state index is 11.7. The molecule has 4 nitrogen and oxygen atoms in total. The van der Waals surface area contributed by atoms with Gasteiger partial charge in [0.15, 0.2) is 11.7 Å². The van der Waals surface area contributed by atoms with Gasteiger partial charge in [0, 0.05) is 11.6 Å². The number of carbonyl (C=O) groups excluding carboxylic acids is 1. The van der Waals surface area contributed by atoms with E-state index in [9.17, 15) is 4.79 Å². The molecule has 1 aromatic heterocycles. The van der Waals surface area contributed by atoms with Gasteiger partial charge in [-0.1, -0.05) is 6.07 Å². The molecule has 0 unspecified atom stereocenters. The highest BCUT2D eigenvalue weighted by Gasteiger charge is 2.07. The van der Waals surface area contributed by atoms with Crippen molar-refractivity contribution in [3.05, 3.63) is 40.4 Å². The maximum atomic E-state index is 11.7. The highest BCUT2D eigenvalue weighted by Crippen LogP contribution is 2.22. The zero-order chi connectivity index (χ0) is 13.8. The van der Waals surface area contributed by atoms with Gasteiger partial charge in [0.1, 0.15) is 5.75 Å². The second-order valence-corrected chi connectivity index (χ2v) is 5.27. The first kappa shape index (κ1) is 13.5. The number of aromatic nitrogens is 1. The number of hydrogen-bond acceptors (Lipinski definition) is 4. The molecule has 1 N–H and O–H groups in total. The monoisotopic (exact) mass is 276 g/mol. The van der Waals surface area contributed by atoms with Crippen LogP contribution < -0.4 is 10.1 Å². The summed E-state index contributed by atoms with van der Waals surface area (Å²) < 4.78 is 5.55. The van der Waals surface area contributed by atoms with Crippen molar-refractivity contribution in [3.63, 3.8) is 0 Å². The van der Waals surface area contributed by atoms with Crippen LogP contribution in [0.3, 0.4) is 0 Å². The number of rotatable bonds is 4. The predicted octanol–water partition coefficient (Wildman–Crippen LogP) is 3.09. The SMILES string of the molecule is Cc1cc(C)c(OCC(=O)Nc2nccs2)cc1C. The fraction of sp³-hybridized carbons (Fsp3) is 0.286. The molecule has 1 amide bonds. The smallest absolute Gasteiger partial charge is 0.264 e. The van der Waals surface area contributed by atoms with E-state index in [1.807, 2.05) is 25.3 Å². The molecule has 0 fully saturated rings. The minimum Gasteiger partial charge on any atom is -0.483 e. The largest absolute Gasteiger partial charge is 0.483 e. The molecule has 2 aromatic rings. The third kappa shape index (κ3) is 3.54. The molecule has 19 heavy (non-hydrogen) atoms. The van der Waals surface area contributed by atoms with E-state index in [0.29, 0.717) is 5.13 Å². The molecule has 0 spiro atoms. The summed E-state index contributed by atoms with van der Waals surface area (Å²) in [4.78, 5) is 15.7. The minimum atomic E-state index is -0.201. The molecule has 0 aliphatic rings. The van der Waals surface area contributed by atoms with Crippen LogP contribution in [0.2, 0.25) is 0 Å². The first-order valence-electron chi connectivity index (χ1n) is 5.96. The lowest BCUT2D eigenvalue weighted by Crippen LogP contribution is -2.20. The first-order valence-corrected chi connectivity index (χ1v) is 6.84. The quantitative estimate of drug-likeness (QED) is 0.933. The molecule has 0 aliphatic heterocycles. The molecule has 0 aliphatic carbocycles. The average molecular weight is 276 g/mol. The third-order valence-corrected chi connectivity index (χ3v) is 3.52. The van der Waals surface area contributed by atoms with Gasteiger partial charge in [-0.05, 0) is 43.5 Å². The van der Waals surface area contributed by atoms with Crippen molar-refractivity contribution in [2.75, 3.05) is 11.9 Å². The molecular weight excluding hydrogens is 260 g/mol. The number of hydrogen-bond donors (Lipinski definition) is 1. The summed E-state index contributed by atoms with van der Waals surface area (Å²) in [5.41, 5.74) is 3.41. The standard InChI is InChI=1S/C14H16N2O2S/c1-9-6-11(3)12(7-10(9)2)18-8-13(17)16-14-15-4-5-19-14/h4-7H,8H2,1-3H3,(H,15,16,17). The summed E-state index contributed by atoms with van der Waals surface area (Å²) in [5, 5.41) is 5.08. The summed E-state index contributed by atoms with van der Waals surface area (Å²) in [6.07, 6.45) is 1.65. The van der Waals surface area contributed by atoms with Crippen molar-refractivity contribution >= 4 is 22.4 Å². The van der Waals surface area contributed by atoms with Gasteiger partial charge in [0.05, 0.1) is 0 Å². The van der Waals surface area contributed by atoms with Crippen LogP contribution in [0.4, 0.5) is 5.13 Å². The van der Waals surface area contributed by atoms with Crippen molar-refractivity contribution in [1.82, 2.24) is 4.98 Å². The molecule has 0 bridgehead atoms. The maximum Gasteiger partial charge on any atom is 0.264 e. The Balaban J connectivity index is 1.95. The van der Waals surface area contributed by atoms with E-state index in [0.717, 1.165) is 16.9 Å². The number of amides is 1. The molecule has 0 radical (unpaired) electrons. The Hall–Kier alpha value is -1.88. The number of benzene rings is 1. The molecule has 0 saturated carbocycles. The molecule has 1 aromatic carbocycles. The molecule has 2 rings (SSSR count). The Morgan fingerprint density at radius 3 is 2.68 bits per heavy atom. The minimum absolute atomic E-state index is 0.0110. The number of aryl methyl sites for hydroxylation is 3. The summed E-state index contributed by atoms with van der Waals surface area (Å²) in [5.74, 6) is 0.546.